The lowest BCUT2D eigenvalue weighted by molar-refractivity contribution is -0.138. The maximum absolute atomic E-state index is 14.0. The number of nitrogens with zero attached hydrogens (tertiary/aromatic N) is 14. The van der Waals surface area contributed by atoms with Gasteiger partial charge in [0.05, 0.1) is 83.4 Å². The predicted octanol–water partition coefficient (Wildman–Crippen LogP) is 8.19. The molecule has 4 atom stereocenters. The van der Waals surface area contributed by atoms with Crippen LogP contribution in [0.1, 0.15) is 77.7 Å². The summed E-state index contributed by atoms with van der Waals surface area (Å²) in [5.74, 6) is 1.16. The smallest absolute Gasteiger partial charge is 0.419 e. The number of rotatable bonds is 12. The van der Waals surface area contributed by atoms with Crippen molar-refractivity contribution < 1.29 is 55.6 Å². The van der Waals surface area contributed by atoms with Crippen LogP contribution in [0, 0.1) is 29.6 Å². The number of nitriles is 2. The molecule has 4 saturated heterocycles. The molecule has 10 rings (SSSR count). The first-order valence-corrected chi connectivity index (χ1v) is 27.7. The fraction of sp³-hybridized carbons (Fsp3) is 0.564. The third kappa shape index (κ3) is 13.1. The summed E-state index contributed by atoms with van der Waals surface area (Å²) in [6, 6.07) is 12.5. The van der Waals surface area contributed by atoms with E-state index in [0.717, 1.165) is 49.9 Å². The second-order valence-electron chi connectivity index (χ2n) is 21.5. The van der Waals surface area contributed by atoms with Crippen LogP contribution in [0.25, 0.3) is 0 Å². The van der Waals surface area contributed by atoms with Crippen molar-refractivity contribution in [3.63, 3.8) is 0 Å². The van der Waals surface area contributed by atoms with Crippen LogP contribution in [0.2, 0.25) is 5.02 Å². The first-order valence-electron chi connectivity index (χ1n) is 27.3. The van der Waals surface area contributed by atoms with Crippen LogP contribution in [0.15, 0.2) is 36.4 Å². The van der Waals surface area contributed by atoms with Crippen LogP contribution >= 0.6 is 11.6 Å². The molecule has 82 heavy (non-hydrogen) atoms. The van der Waals surface area contributed by atoms with Crippen molar-refractivity contribution in [3.8, 4) is 24.2 Å². The molecule has 440 valence electrons. The predicted molar refractivity (Wildman–Crippen MR) is 290 cm³/mol. The lowest BCUT2D eigenvalue weighted by Gasteiger charge is -2.41. The Morgan fingerprint density at radius 1 is 0.622 bits per heavy atom. The molecule has 4 aromatic rings. The summed E-state index contributed by atoms with van der Waals surface area (Å²) in [6.45, 7) is 6.63. The maximum Gasteiger partial charge on any atom is 0.419 e. The van der Waals surface area contributed by atoms with Crippen molar-refractivity contribution in [2.24, 2.45) is 0 Å². The number of aryl methyl sites for hydroxylation is 1. The number of amides is 2. The van der Waals surface area contributed by atoms with Crippen LogP contribution in [0.4, 0.5) is 58.9 Å². The van der Waals surface area contributed by atoms with Gasteiger partial charge in [-0.3, -0.25) is 0 Å². The molecule has 2 aromatic heterocycles. The average Bonchev–Trinajstić information content (AvgIpc) is 3.00. The molecule has 0 aliphatic carbocycles. The summed E-state index contributed by atoms with van der Waals surface area (Å²) in [6.07, 6.45) is -6.37. The van der Waals surface area contributed by atoms with Crippen molar-refractivity contribution in [2.45, 2.75) is 108 Å². The van der Waals surface area contributed by atoms with Crippen molar-refractivity contribution in [2.75, 3.05) is 112 Å². The summed E-state index contributed by atoms with van der Waals surface area (Å²) in [4.78, 5) is 56.5. The SMILES string of the molecule is CN1CCC[C@H]1COc1nc2c(c(N3CCN(C(=O)O)[C@@H](CC#N)C3)n1)CCN(c1cccc(Cl)c1C(F)(F)F)C2.Cc1cccc(N2CCc3c(nc(OC[C@@H]4CCCN4C)nc3N3CCN(C(=O)O)[C@@H](CC#N)C3)C2)c1C(F)(F)F. The molecule has 0 spiro atoms. The number of aromatic nitrogens is 4. The van der Waals surface area contributed by atoms with Crippen LogP contribution in [0.5, 0.6) is 12.0 Å². The van der Waals surface area contributed by atoms with E-state index in [1.165, 1.54) is 47.1 Å². The Kier molecular flexibility index (Phi) is 18.1. The third-order valence-electron chi connectivity index (χ3n) is 16.4. The number of piperazine rings is 2. The van der Waals surface area contributed by atoms with Gasteiger partial charge in [-0.1, -0.05) is 29.8 Å². The van der Waals surface area contributed by atoms with Gasteiger partial charge in [0.1, 0.15) is 24.8 Å². The van der Waals surface area contributed by atoms with Crippen molar-refractivity contribution >= 4 is 46.8 Å². The number of alkyl halides is 6. The molecule has 0 radical (unpaired) electrons. The standard InChI is InChI=1S/C28H34F3N7O3.C27H31ClF3N7O3/c1-18-5-3-7-23(24(18)28(29,30)31)36-12-9-21-22(16-36)33-26(41-17-20-6-4-11-35(20)2)34-25(21)37-13-14-38(27(39)40)19(15-37)8-10-32;1-35-10-3-4-18(35)16-41-25-33-21-15-36(22-6-2-5-20(28)23(22)27(29,30)31)11-8-19(21)24(34-25)37-12-13-38(26(39)40)17(14-37)7-9-32/h3,5,7,19-20H,4,6,8-9,11-17H2,1-2H3,(H,39,40);2,5-6,17-18H,3-4,7-8,10-16H2,1H3,(H,39,40)/t19-,20-;17-,18-/m00/s1. The fourth-order valence-corrected chi connectivity index (χ4v) is 12.3. The number of carboxylic acid groups (broad SMARTS) is 2. The molecule has 6 aliphatic heterocycles. The molecule has 6 aliphatic rings. The highest BCUT2D eigenvalue weighted by Crippen LogP contribution is 2.44. The molecular formula is C55H65ClF6N14O6. The van der Waals surface area contributed by atoms with Gasteiger partial charge in [0.2, 0.25) is 0 Å². The monoisotopic (exact) mass is 1170 g/mol. The Bertz CT molecular complexity index is 2870. The van der Waals surface area contributed by atoms with E-state index in [0.29, 0.717) is 68.7 Å². The minimum absolute atomic E-state index is 0.0185. The zero-order valence-corrected chi connectivity index (χ0v) is 46.5. The lowest BCUT2D eigenvalue weighted by Crippen LogP contribution is -2.55. The van der Waals surface area contributed by atoms with Crippen LogP contribution in [-0.4, -0.2) is 179 Å². The summed E-state index contributed by atoms with van der Waals surface area (Å²) in [5, 5.41) is 37.5. The number of hydrogen-bond acceptors (Lipinski definition) is 16. The Balaban J connectivity index is 0.000000198. The van der Waals surface area contributed by atoms with Crippen molar-refractivity contribution in [1.29, 1.82) is 10.5 Å². The van der Waals surface area contributed by atoms with E-state index < -0.39 is 47.7 Å². The quantitative estimate of drug-likeness (QED) is 0.128. The minimum atomic E-state index is -4.63. The van der Waals surface area contributed by atoms with Gasteiger partial charge >= 0.3 is 36.6 Å². The molecule has 8 heterocycles. The maximum atomic E-state index is 14.0. The minimum Gasteiger partial charge on any atom is -0.465 e. The van der Waals surface area contributed by atoms with E-state index in [1.54, 1.807) is 15.9 Å². The number of likely N-dealkylation sites (N-methyl/N-ethyl adjacent to an activating group) is 2. The average molecular weight is 1170 g/mol. The second kappa shape index (κ2) is 25.1. The molecule has 2 N–H and O–H groups in total. The highest BCUT2D eigenvalue weighted by Gasteiger charge is 2.42. The van der Waals surface area contributed by atoms with Crippen LogP contribution < -0.4 is 29.1 Å². The zero-order chi connectivity index (χ0) is 58.6. The van der Waals surface area contributed by atoms with Crippen molar-refractivity contribution in [3.05, 3.63) is 80.6 Å². The highest BCUT2D eigenvalue weighted by molar-refractivity contribution is 6.31. The van der Waals surface area contributed by atoms with E-state index in [1.807, 2.05) is 23.9 Å². The van der Waals surface area contributed by atoms with E-state index in [4.69, 9.17) is 31.0 Å². The van der Waals surface area contributed by atoms with E-state index in [-0.39, 0.29) is 105 Å². The molecule has 27 heteroatoms. The largest absolute Gasteiger partial charge is 0.465 e. The summed E-state index contributed by atoms with van der Waals surface area (Å²) < 4.78 is 96.2. The number of fused-ring (bicyclic) bond motifs is 2. The summed E-state index contributed by atoms with van der Waals surface area (Å²) >= 11 is 6.00. The molecule has 0 saturated carbocycles. The first-order chi connectivity index (χ1) is 39.1. The number of benzene rings is 2. The summed E-state index contributed by atoms with van der Waals surface area (Å²) in [5.41, 5.74) is 1.44. The Morgan fingerprint density at radius 3 is 1.46 bits per heavy atom. The van der Waals surface area contributed by atoms with E-state index >= 15 is 0 Å². The topological polar surface area (TPSA) is 218 Å². The van der Waals surface area contributed by atoms with Gasteiger partial charge in [-0.05, 0) is 96.4 Å². The van der Waals surface area contributed by atoms with Gasteiger partial charge in [-0.15, -0.1) is 0 Å². The fourth-order valence-electron chi connectivity index (χ4n) is 12.1. The number of anilines is 4. The molecule has 2 aromatic carbocycles. The first kappa shape index (κ1) is 59.3. The van der Waals surface area contributed by atoms with Gasteiger partial charge in [-0.25, -0.2) is 9.59 Å². The van der Waals surface area contributed by atoms with E-state index in [2.05, 4.69) is 31.9 Å². The molecule has 0 unspecified atom stereocenters. The van der Waals surface area contributed by atoms with Gasteiger partial charge in [-0.2, -0.15) is 56.8 Å². The van der Waals surface area contributed by atoms with Crippen LogP contribution in [-0.2, 0) is 38.3 Å². The number of carbonyl (C=O) groups is 2. The Hall–Kier alpha value is -7.29. The molecule has 2 amide bonds. The number of ether oxygens (including phenoxy) is 2. The third-order valence-corrected chi connectivity index (χ3v) is 16.7. The Morgan fingerprint density at radius 2 is 1.06 bits per heavy atom. The number of likely N-dealkylation sites (tertiary alicyclic amines) is 2. The second-order valence-corrected chi connectivity index (χ2v) is 21.9. The normalized spacial score (nSPS) is 21.5. The zero-order valence-electron chi connectivity index (χ0n) is 45.8. The van der Waals surface area contributed by atoms with Gasteiger partial charge < -0.3 is 58.9 Å². The Labute approximate surface area is 476 Å². The molecular weight excluding hydrogens is 1100 g/mol. The molecule has 0 bridgehead atoms. The highest BCUT2D eigenvalue weighted by atomic mass is 35.5. The van der Waals surface area contributed by atoms with Crippen LogP contribution in [0.3, 0.4) is 0 Å². The lowest BCUT2D eigenvalue weighted by atomic mass is 10.00. The number of halogens is 7. The van der Waals surface area contributed by atoms with Gasteiger partial charge in [0, 0.05) is 81.3 Å². The molecule has 4 fully saturated rings. The number of hydrogen-bond donors (Lipinski definition) is 2. The summed E-state index contributed by atoms with van der Waals surface area (Å²) in [7, 11) is 4.06. The van der Waals surface area contributed by atoms with Gasteiger partial charge in [0.15, 0.2) is 0 Å². The van der Waals surface area contributed by atoms with Gasteiger partial charge in [0.25, 0.3) is 0 Å². The molecule has 20 nitrogen and oxygen atoms in total. The van der Waals surface area contributed by atoms with Crippen molar-refractivity contribution in [1.82, 2.24) is 39.5 Å². The van der Waals surface area contributed by atoms with E-state index in [9.17, 15) is 56.7 Å².